The van der Waals surface area contributed by atoms with Crippen molar-refractivity contribution < 1.29 is 9.84 Å². The third-order valence-electron chi connectivity index (χ3n) is 2.63. The monoisotopic (exact) mass is 290 g/mol. The minimum atomic E-state index is -0.182. The summed E-state index contributed by atoms with van der Waals surface area (Å²) in [6.07, 6.45) is 1.37. The summed E-state index contributed by atoms with van der Waals surface area (Å²) in [7, 11) is 1.62. The molecule has 1 aliphatic rings. The Morgan fingerprint density at radius 1 is 1.50 bits per heavy atom. The minimum absolute atomic E-state index is 0.182. The number of aliphatic hydroxyl groups excluding tert-OH is 1. The van der Waals surface area contributed by atoms with Crippen molar-refractivity contribution in [3.63, 3.8) is 0 Å². The fraction of sp³-hybridized carbons (Fsp3) is 0.778. The zero-order valence-electron chi connectivity index (χ0n) is 9.14. The number of ether oxygens (including phenoxy) is 1. The van der Waals surface area contributed by atoms with Gasteiger partial charge in [0.05, 0.1) is 6.10 Å². The first-order chi connectivity index (χ1) is 7.70. The van der Waals surface area contributed by atoms with Gasteiger partial charge in [-0.2, -0.15) is 4.98 Å². The molecule has 16 heavy (non-hydrogen) atoms. The predicted molar refractivity (Wildman–Crippen MR) is 62.2 cm³/mol. The van der Waals surface area contributed by atoms with Crippen molar-refractivity contribution in [1.82, 2.24) is 14.8 Å². The molecule has 2 rings (SSSR count). The molecule has 1 N–H and O–H groups in total. The molecule has 1 aromatic rings. The van der Waals surface area contributed by atoms with Crippen LogP contribution < -0.4 is 4.90 Å². The number of piperidine rings is 1. The van der Waals surface area contributed by atoms with Gasteiger partial charge in [0.1, 0.15) is 6.73 Å². The Kier molecular flexibility index (Phi) is 3.78. The average Bonchev–Trinajstić information content (AvgIpc) is 2.61. The standard InChI is InChI=1S/C9H15BrN4O2/c1-16-6-14-9(11-8(10)12-14)13-4-2-7(15)3-5-13/h7,15H,2-6H2,1H3. The first-order valence-corrected chi connectivity index (χ1v) is 6.02. The molecule has 0 aliphatic carbocycles. The molecular weight excluding hydrogens is 276 g/mol. The molecule has 0 unspecified atom stereocenters. The van der Waals surface area contributed by atoms with E-state index in [1.54, 1.807) is 11.8 Å². The van der Waals surface area contributed by atoms with E-state index >= 15 is 0 Å². The smallest absolute Gasteiger partial charge is 0.227 e. The van der Waals surface area contributed by atoms with Gasteiger partial charge in [-0.15, -0.1) is 5.10 Å². The van der Waals surface area contributed by atoms with E-state index in [2.05, 4.69) is 30.9 Å². The van der Waals surface area contributed by atoms with Crippen LogP contribution in [-0.2, 0) is 11.5 Å². The van der Waals surface area contributed by atoms with Gasteiger partial charge in [0.2, 0.25) is 10.7 Å². The van der Waals surface area contributed by atoms with Crippen molar-refractivity contribution in [3.8, 4) is 0 Å². The zero-order valence-corrected chi connectivity index (χ0v) is 10.7. The van der Waals surface area contributed by atoms with Gasteiger partial charge in [-0.25, -0.2) is 4.68 Å². The predicted octanol–water partition coefficient (Wildman–Crippen LogP) is 0.606. The lowest BCUT2D eigenvalue weighted by Gasteiger charge is -2.30. The third kappa shape index (κ3) is 2.53. The van der Waals surface area contributed by atoms with Crippen LogP contribution in [0.5, 0.6) is 0 Å². The Labute approximate surface area is 102 Å². The van der Waals surface area contributed by atoms with Crippen LogP contribution >= 0.6 is 15.9 Å². The van der Waals surface area contributed by atoms with Crippen LogP contribution in [0.3, 0.4) is 0 Å². The Bertz CT molecular complexity index is 349. The van der Waals surface area contributed by atoms with Gasteiger partial charge in [-0.05, 0) is 28.8 Å². The van der Waals surface area contributed by atoms with Crippen molar-refractivity contribution in [1.29, 1.82) is 0 Å². The number of methoxy groups -OCH3 is 1. The normalized spacial score (nSPS) is 18.1. The van der Waals surface area contributed by atoms with Gasteiger partial charge >= 0.3 is 0 Å². The summed E-state index contributed by atoms with van der Waals surface area (Å²) in [5.41, 5.74) is 0. The molecule has 1 aromatic heterocycles. The van der Waals surface area contributed by atoms with Crippen molar-refractivity contribution in [2.75, 3.05) is 25.1 Å². The van der Waals surface area contributed by atoms with E-state index in [-0.39, 0.29) is 6.10 Å². The van der Waals surface area contributed by atoms with E-state index in [1.807, 2.05) is 0 Å². The highest BCUT2D eigenvalue weighted by Crippen LogP contribution is 2.20. The second kappa shape index (κ2) is 5.11. The van der Waals surface area contributed by atoms with Crippen molar-refractivity contribution in [2.24, 2.45) is 0 Å². The second-order valence-electron chi connectivity index (χ2n) is 3.82. The Hall–Kier alpha value is -0.660. The van der Waals surface area contributed by atoms with Gasteiger partial charge in [-0.3, -0.25) is 0 Å². The Balaban J connectivity index is 2.12. The number of rotatable bonds is 3. The molecule has 0 radical (unpaired) electrons. The molecular formula is C9H15BrN4O2. The molecule has 0 saturated carbocycles. The summed E-state index contributed by atoms with van der Waals surface area (Å²) in [5.74, 6) is 0.792. The molecule has 1 saturated heterocycles. The maximum absolute atomic E-state index is 9.45. The molecule has 0 spiro atoms. The Morgan fingerprint density at radius 3 is 2.81 bits per heavy atom. The molecule has 0 aromatic carbocycles. The lowest BCUT2D eigenvalue weighted by molar-refractivity contribution is 0.119. The van der Waals surface area contributed by atoms with E-state index in [4.69, 9.17) is 4.74 Å². The number of anilines is 1. The molecule has 2 heterocycles. The summed E-state index contributed by atoms with van der Waals surface area (Å²) in [6, 6.07) is 0. The van der Waals surface area contributed by atoms with Gasteiger partial charge in [0, 0.05) is 20.2 Å². The zero-order chi connectivity index (χ0) is 11.5. The van der Waals surface area contributed by atoms with Crippen LogP contribution in [0.25, 0.3) is 0 Å². The van der Waals surface area contributed by atoms with Crippen LogP contribution in [0.15, 0.2) is 4.73 Å². The topological polar surface area (TPSA) is 63.4 Å². The number of aromatic nitrogens is 3. The first kappa shape index (κ1) is 11.8. The molecule has 1 aliphatic heterocycles. The lowest BCUT2D eigenvalue weighted by atomic mass is 10.1. The maximum Gasteiger partial charge on any atom is 0.227 e. The molecule has 0 atom stereocenters. The highest BCUT2D eigenvalue weighted by Gasteiger charge is 2.21. The van der Waals surface area contributed by atoms with Crippen LogP contribution in [0.2, 0.25) is 0 Å². The summed E-state index contributed by atoms with van der Waals surface area (Å²) >= 11 is 3.26. The van der Waals surface area contributed by atoms with E-state index in [0.29, 0.717) is 11.5 Å². The Morgan fingerprint density at radius 2 is 2.19 bits per heavy atom. The van der Waals surface area contributed by atoms with Crippen LogP contribution in [-0.4, -0.2) is 46.2 Å². The van der Waals surface area contributed by atoms with E-state index in [9.17, 15) is 5.11 Å². The average molecular weight is 291 g/mol. The van der Waals surface area contributed by atoms with E-state index in [1.165, 1.54) is 0 Å². The van der Waals surface area contributed by atoms with Crippen molar-refractivity contribution in [2.45, 2.75) is 25.7 Å². The number of halogens is 1. The minimum Gasteiger partial charge on any atom is -0.393 e. The highest BCUT2D eigenvalue weighted by atomic mass is 79.9. The molecule has 0 bridgehead atoms. The number of nitrogens with zero attached hydrogens (tertiary/aromatic N) is 4. The first-order valence-electron chi connectivity index (χ1n) is 5.23. The van der Waals surface area contributed by atoms with Gasteiger partial charge < -0.3 is 14.7 Å². The quantitative estimate of drug-likeness (QED) is 0.884. The molecule has 0 amide bonds. The number of aliphatic hydroxyl groups is 1. The molecule has 7 heteroatoms. The lowest BCUT2D eigenvalue weighted by Crippen LogP contribution is -2.37. The summed E-state index contributed by atoms with van der Waals surface area (Å²) in [4.78, 5) is 6.43. The summed E-state index contributed by atoms with van der Waals surface area (Å²) in [5, 5.41) is 13.6. The van der Waals surface area contributed by atoms with Crippen LogP contribution in [0.1, 0.15) is 12.8 Å². The summed E-state index contributed by atoms with van der Waals surface area (Å²) in [6.45, 7) is 1.99. The van der Waals surface area contributed by atoms with Gasteiger partial charge in [0.15, 0.2) is 0 Å². The van der Waals surface area contributed by atoms with E-state index in [0.717, 1.165) is 31.9 Å². The fourth-order valence-electron chi connectivity index (χ4n) is 1.82. The van der Waals surface area contributed by atoms with Crippen LogP contribution in [0, 0.1) is 0 Å². The highest BCUT2D eigenvalue weighted by molar-refractivity contribution is 9.10. The number of hydrogen-bond donors (Lipinski definition) is 1. The molecule has 90 valence electrons. The largest absolute Gasteiger partial charge is 0.393 e. The van der Waals surface area contributed by atoms with Crippen molar-refractivity contribution in [3.05, 3.63) is 4.73 Å². The van der Waals surface area contributed by atoms with Gasteiger partial charge in [0.25, 0.3) is 0 Å². The molecule has 6 nitrogen and oxygen atoms in total. The van der Waals surface area contributed by atoms with Gasteiger partial charge in [-0.1, -0.05) is 0 Å². The van der Waals surface area contributed by atoms with E-state index < -0.39 is 0 Å². The SMILES string of the molecule is COCn1nc(Br)nc1N1CCC(O)CC1. The van der Waals surface area contributed by atoms with Crippen molar-refractivity contribution >= 4 is 21.9 Å². The summed E-state index contributed by atoms with van der Waals surface area (Å²) < 4.78 is 7.33. The maximum atomic E-state index is 9.45. The van der Waals surface area contributed by atoms with Crippen LogP contribution in [0.4, 0.5) is 5.95 Å². The molecule has 1 fully saturated rings. The fourth-order valence-corrected chi connectivity index (χ4v) is 2.17. The third-order valence-corrected chi connectivity index (χ3v) is 2.96. The second-order valence-corrected chi connectivity index (χ2v) is 4.53. The number of hydrogen-bond acceptors (Lipinski definition) is 5.